The lowest BCUT2D eigenvalue weighted by Crippen LogP contribution is -2.20. The second kappa shape index (κ2) is 4.93. The molecule has 0 aliphatic heterocycles. The van der Waals surface area contributed by atoms with Gasteiger partial charge in [0.25, 0.3) is 0 Å². The third kappa shape index (κ3) is 3.11. The number of aromatic carboxylic acids is 1. The predicted molar refractivity (Wildman–Crippen MR) is 52.7 cm³/mol. The summed E-state index contributed by atoms with van der Waals surface area (Å²) in [5.74, 6) is -2.14. The topological polar surface area (TPSA) is 96.3 Å². The Morgan fingerprint density at radius 2 is 2.11 bits per heavy atom. The van der Waals surface area contributed by atoms with Gasteiger partial charge in [0, 0.05) is 12.1 Å². The van der Waals surface area contributed by atoms with Gasteiger partial charge in [0.15, 0.2) is 5.75 Å². The molecule has 0 aliphatic carbocycles. The summed E-state index contributed by atoms with van der Waals surface area (Å²) in [7, 11) is 0. The maximum absolute atomic E-state index is 12.1. The molecule has 3 N–H and O–H groups in total. The van der Waals surface area contributed by atoms with Crippen molar-refractivity contribution in [1.29, 1.82) is 5.26 Å². The molecule has 0 fully saturated rings. The van der Waals surface area contributed by atoms with E-state index in [1.165, 1.54) is 6.07 Å². The quantitative estimate of drug-likeness (QED) is 0.860. The molecule has 1 aromatic rings. The van der Waals surface area contributed by atoms with Crippen LogP contribution >= 0.6 is 0 Å². The molecule has 18 heavy (non-hydrogen) atoms. The van der Waals surface area contributed by atoms with E-state index in [1.54, 1.807) is 0 Å². The highest BCUT2D eigenvalue weighted by molar-refractivity contribution is 5.89. The summed E-state index contributed by atoms with van der Waals surface area (Å²) in [4.78, 5) is 10.7. The fourth-order valence-electron chi connectivity index (χ4n) is 1.28. The van der Waals surface area contributed by atoms with Crippen molar-refractivity contribution in [2.75, 3.05) is 0 Å². The van der Waals surface area contributed by atoms with Crippen molar-refractivity contribution in [2.45, 2.75) is 12.9 Å². The standard InChI is InChI=1S/C10H7F3N2O3/c11-10(12,13)18-8-6(3-14)1-5(9(16)17)2-7(8)4-15/h1-2H,3,14H2,(H,16,17). The van der Waals surface area contributed by atoms with E-state index in [0.717, 1.165) is 12.1 Å². The molecule has 0 unspecified atom stereocenters. The Morgan fingerprint density at radius 1 is 1.50 bits per heavy atom. The zero-order valence-electron chi connectivity index (χ0n) is 8.78. The first-order chi connectivity index (χ1) is 8.28. The lowest BCUT2D eigenvalue weighted by molar-refractivity contribution is -0.275. The molecular weight excluding hydrogens is 253 g/mol. The van der Waals surface area contributed by atoms with Gasteiger partial charge < -0.3 is 15.6 Å². The number of benzene rings is 1. The lowest BCUT2D eigenvalue weighted by atomic mass is 10.0. The first kappa shape index (κ1) is 13.8. The van der Waals surface area contributed by atoms with E-state index < -0.39 is 23.6 Å². The highest BCUT2D eigenvalue weighted by Crippen LogP contribution is 2.31. The Kier molecular flexibility index (Phi) is 3.78. The fourth-order valence-corrected chi connectivity index (χ4v) is 1.28. The van der Waals surface area contributed by atoms with Gasteiger partial charge in [0.05, 0.1) is 11.1 Å². The number of hydrogen-bond donors (Lipinski definition) is 2. The van der Waals surface area contributed by atoms with Crippen molar-refractivity contribution in [3.05, 3.63) is 28.8 Å². The van der Waals surface area contributed by atoms with E-state index in [2.05, 4.69) is 4.74 Å². The molecule has 0 spiro atoms. The van der Waals surface area contributed by atoms with E-state index in [0.29, 0.717) is 0 Å². The molecule has 0 aromatic heterocycles. The van der Waals surface area contributed by atoms with E-state index in [4.69, 9.17) is 16.1 Å². The van der Waals surface area contributed by atoms with Crippen LogP contribution in [0.1, 0.15) is 21.5 Å². The van der Waals surface area contributed by atoms with Gasteiger partial charge in [-0.3, -0.25) is 0 Å². The number of nitrogens with zero attached hydrogens (tertiary/aromatic N) is 1. The third-order valence-electron chi connectivity index (χ3n) is 1.97. The van der Waals surface area contributed by atoms with Crippen molar-refractivity contribution < 1.29 is 27.8 Å². The number of nitrogens with two attached hydrogens (primary N) is 1. The number of ether oxygens (including phenoxy) is 1. The van der Waals surface area contributed by atoms with Crippen LogP contribution < -0.4 is 10.5 Å². The average Bonchev–Trinajstić information content (AvgIpc) is 2.26. The smallest absolute Gasteiger partial charge is 0.478 e. The summed E-state index contributed by atoms with van der Waals surface area (Å²) in [6.07, 6.45) is -4.99. The largest absolute Gasteiger partial charge is 0.573 e. The summed E-state index contributed by atoms with van der Waals surface area (Å²) in [6.45, 7) is -0.388. The van der Waals surface area contributed by atoms with Crippen molar-refractivity contribution in [3.63, 3.8) is 0 Å². The van der Waals surface area contributed by atoms with Gasteiger partial charge in [-0.05, 0) is 12.1 Å². The summed E-state index contributed by atoms with van der Waals surface area (Å²) < 4.78 is 40.1. The Bertz CT molecular complexity index is 520. The number of halogens is 3. The van der Waals surface area contributed by atoms with Gasteiger partial charge in [-0.25, -0.2) is 4.79 Å². The summed E-state index contributed by atoms with van der Waals surface area (Å²) in [6, 6.07) is 3.17. The summed E-state index contributed by atoms with van der Waals surface area (Å²) >= 11 is 0. The fraction of sp³-hybridized carbons (Fsp3) is 0.200. The minimum absolute atomic E-state index is 0.205. The Balaban J connectivity index is 3.41. The summed E-state index contributed by atoms with van der Waals surface area (Å²) in [5.41, 5.74) is 4.14. The number of nitriles is 1. The maximum Gasteiger partial charge on any atom is 0.573 e. The van der Waals surface area contributed by atoms with Gasteiger partial charge in [0.2, 0.25) is 0 Å². The molecule has 96 valence electrons. The van der Waals surface area contributed by atoms with E-state index in [9.17, 15) is 18.0 Å². The van der Waals surface area contributed by atoms with Crippen LogP contribution in [0, 0.1) is 11.3 Å². The van der Waals surface area contributed by atoms with Crippen LogP contribution in [0.3, 0.4) is 0 Å². The molecule has 0 saturated carbocycles. The van der Waals surface area contributed by atoms with Crippen molar-refractivity contribution in [1.82, 2.24) is 0 Å². The second-order valence-electron chi connectivity index (χ2n) is 3.18. The zero-order chi connectivity index (χ0) is 13.9. The lowest BCUT2D eigenvalue weighted by Gasteiger charge is -2.14. The van der Waals surface area contributed by atoms with Crippen LogP contribution in [-0.2, 0) is 6.54 Å². The Hall–Kier alpha value is -2.27. The van der Waals surface area contributed by atoms with Gasteiger partial charge >= 0.3 is 12.3 Å². The number of carboxylic acids is 1. The van der Waals surface area contributed by atoms with Gasteiger partial charge in [-0.15, -0.1) is 13.2 Å². The highest BCUT2D eigenvalue weighted by atomic mass is 19.4. The van der Waals surface area contributed by atoms with Crippen LogP contribution in [0.4, 0.5) is 13.2 Å². The number of hydrogen-bond acceptors (Lipinski definition) is 4. The minimum atomic E-state index is -4.99. The molecule has 0 amide bonds. The summed E-state index contributed by atoms with van der Waals surface area (Å²) in [5, 5.41) is 17.4. The number of alkyl halides is 3. The van der Waals surface area contributed by atoms with Crippen molar-refractivity contribution >= 4 is 5.97 Å². The molecule has 8 heteroatoms. The Morgan fingerprint density at radius 3 is 2.50 bits per heavy atom. The second-order valence-corrected chi connectivity index (χ2v) is 3.18. The SMILES string of the molecule is N#Cc1cc(C(=O)O)cc(CN)c1OC(F)(F)F. The van der Waals surface area contributed by atoms with Crippen LogP contribution in [0.15, 0.2) is 12.1 Å². The first-order valence-electron chi connectivity index (χ1n) is 4.54. The first-order valence-corrected chi connectivity index (χ1v) is 4.54. The Labute approximate surface area is 99.2 Å². The highest BCUT2D eigenvalue weighted by Gasteiger charge is 2.33. The number of carbonyl (C=O) groups is 1. The van der Waals surface area contributed by atoms with Gasteiger partial charge in [0.1, 0.15) is 6.07 Å². The van der Waals surface area contributed by atoms with E-state index >= 15 is 0 Å². The third-order valence-corrected chi connectivity index (χ3v) is 1.97. The molecule has 0 radical (unpaired) electrons. The molecule has 0 atom stereocenters. The molecule has 5 nitrogen and oxygen atoms in total. The van der Waals surface area contributed by atoms with E-state index in [-0.39, 0.29) is 17.7 Å². The molecular formula is C10H7F3N2O3. The maximum atomic E-state index is 12.1. The average molecular weight is 260 g/mol. The monoisotopic (exact) mass is 260 g/mol. The minimum Gasteiger partial charge on any atom is -0.478 e. The molecule has 1 rings (SSSR count). The number of rotatable bonds is 3. The molecule has 0 saturated heterocycles. The predicted octanol–water partition coefficient (Wildman–Crippen LogP) is 1.61. The molecule has 0 aliphatic rings. The van der Waals surface area contributed by atoms with Crippen LogP contribution in [0.2, 0.25) is 0 Å². The zero-order valence-corrected chi connectivity index (χ0v) is 8.78. The molecule has 0 heterocycles. The van der Waals surface area contributed by atoms with Crippen LogP contribution in [0.25, 0.3) is 0 Å². The van der Waals surface area contributed by atoms with Crippen LogP contribution in [-0.4, -0.2) is 17.4 Å². The van der Waals surface area contributed by atoms with Gasteiger partial charge in [-0.1, -0.05) is 0 Å². The molecule has 0 bridgehead atoms. The molecule has 1 aromatic carbocycles. The van der Waals surface area contributed by atoms with Gasteiger partial charge in [-0.2, -0.15) is 5.26 Å². The van der Waals surface area contributed by atoms with Crippen LogP contribution in [0.5, 0.6) is 5.75 Å². The number of carboxylic acid groups (broad SMARTS) is 1. The normalized spacial score (nSPS) is 10.8. The van der Waals surface area contributed by atoms with Crippen molar-refractivity contribution in [2.24, 2.45) is 5.73 Å². The van der Waals surface area contributed by atoms with Crippen molar-refractivity contribution in [3.8, 4) is 11.8 Å². The van der Waals surface area contributed by atoms with E-state index in [1.807, 2.05) is 0 Å².